The maximum absolute atomic E-state index is 14.5. The molecule has 2 aliphatic rings. The van der Waals surface area contributed by atoms with Gasteiger partial charge in [-0.15, -0.1) is 0 Å². The Balaban J connectivity index is 1.26. The van der Waals surface area contributed by atoms with Gasteiger partial charge in [0, 0.05) is 32.2 Å². The minimum Gasteiger partial charge on any atom is -0.333 e. The van der Waals surface area contributed by atoms with E-state index in [9.17, 15) is 23.7 Å². The number of piperazine rings is 1. The Morgan fingerprint density at radius 2 is 1.53 bits per heavy atom. The number of fused-ring (bicyclic) bond motifs is 2. The van der Waals surface area contributed by atoms with Crippen LogP contribution in [0, 0.1) is 0 Å². The van der Waals surface area contributed by atoms with Crippen LogP contribution in [-0.4, -0.2) is 95.3 Å². The van der Waals surface area contributed by atoms with Gasteiger partial charge in [0.2, 0.25) is 17.7 Å². The van der Waals surface area contributed by atoms with E-state index < -0.39 is 31.9 Å². The molecule has 0 radical (unpaired) electrons. The van der Waals surface area contributed by atoms with E-state index >= 15 is 0 Å². The molecule has 0 unspecified atom stereocenters. The highest BCUT2D eigenvalue weighted by Gasteiger charge is 2.50. The second-order valence-corrected chi connectivity index (χ2v) is 15.1. The van der Waals surface area contributed by atoms with Crippen LogP contribution in [0.1, 0.15) is 30.5 Å². The van der Waals surface area contributed by atoms with E-state index in [2.05, 4.69) is 10.6 Å². The van der Waals surface area contributed by atoms with Gasteiger partial charge in [0.15, 0.2) is 0 Å². The first-order valence-electron chi connectivity index (χ1n) is 17.7. The lowest BCUT2D eigenvalue weighted by Gasteiger charge is -2.54. The number of nitrogens with one attached hydrogen (secondary N) is 2. The lowest BCUT2D eigenvalue weighted by Crippen LogP contribution is -2.76. The van der Waals surface area contributed by atoms with E-state index in [4.69, 9.17) is 9.05 Å². The zero-order valence-electron chi connectivity index (χ0n) is 30.1. The van der Waals surface area contributed by atoms with E-state index in [0.717, 1.165) is 27.5 Å². The van der Waals surface area contributed by atoms with Crippen molar-refractivity contribution in [3.63, 3.8) is 0 Å². The van der Waals surface area contributed by atoms with Crippen LogP contribution in [0.25, 0.3) is 10.8 Å². The highest BCUT2D eigenvalue weighted by atomic mass is 31.2. The average molecular weight is 741 g/mol. The first-order chi connectivity index (χ1) is 25.6. The molecule has 0 spiro atoms. The van der Waals surface area contributed by atoms with Crippen LogP contribution >= 0.6 is 7.60 Å². The van der Waals surface area contributed by atoms with Crippen molar-refractivity contribution in [1.82, 2.24) is 25.1 Å². The fraction of sp³-hybridized carbons (Fsp3) is 0.333. The summed E-state index contributed by atoms with van der Waals surface area (Å²) in [5.74, 6) is -1.01. The summed E-state index contributed by atoms with van der Waals surface area (Å²) in [5, 5.41) is 11.0. The van der Waals surface area contributed by atoms with Gasteiger partial charge in [-0.05, 0) is 53.4 Å². The summed E-state index contributed by atoms with van der Waals surface area (Å²) >= 11 is 0. The highest BCUT2D eigenvalue weighted by molar-refractivity contribution is 7.54. The number of benzene rings is 4. The summed E-state index contributed by atoms with van der Waals surface area (Å²) in [7, 11) is -1.88. The van der Waals surface area contributed by atoms with Gasteiger partial charge in [0.05, 0.1) is 26.3 Å². The molecule has 0 bridgehead atoms. The van der Waals surface area contributed by atoms with Crippen LogP contribution in [-0.2, 0) is 47.5 Å². The molecule has 2 saturated heterocycles. The van der Waals surface area contributed by atoms with Gasteiger partial charge in [-0.1, -0.05) is 84.9 Å². The van der Waals surface area contributed by atoms with Crippen LogP contribution in [0.15, 0.2) is 97.1 Å². The second kappa shape index (κ2) is 16.7. The zero-order chi connectivity index (χ0) is 37.5. The third kappa shape index (κ3) is 8.77. The summed E-state index contributed by atoms with van der Waals surface area (Å²) < 4.78 is 23.3. The van der Waals surface area contributed by atoms with Gasteiger partial charge in [0.1, 0.15) is 18.4 Å². The molecule has 2 atom stereocenters. The number of carbonyl (C=O) groups is 4. The normalized spacial score (nSPS) is 17.9. The Labute approximate surface area is 309 Å². The fourth-order valence-electron chi connectivity index (χ4n) is 6.98. The standard InChI is InChI=1S/C39H45N6O7P/c1-4-51-53(50,52-5-2)27-35(46)41-32-20-18-28(19-21-32)22-34-38(48)43(24-31-16-11-15-30-14-9-10-17-33(30)31)25-36-44(34)37(47)26-42(3)45(36)39(49)40-23-29-12-7-6-8-13-29/h6-21,34,36H,4-5,22-27H2,1-3H3,(H,40,49)(H,41,46)/t34-,36-/m0/s1. The van der Waals surface area contributed by atoms with E-state index in [1.165, 1.54) is 0 Å². The average Bonchev–Trinajstić information content (AvgIpc) is 3.13. The highest BCUT2D eigenvalue weighted by Crippen LogP contribution is 2.47. The first-order valence-corrected chi connectivity index (χ1v) is 19.5. The number of hydrogen-bond acceptors (Lipinski definition) is 8. The predicted octanol–water partition coefficient (Wildman–Crippen LogP) is 5.22. The SMILES string of the molecule is CCOP(=O)(CC(=O)Nc1ccc(C[C@H]2C(=O)N(Cc3cccc4ccccc34)C[C@H]3N2C(=O)CN(C)N3C(=O)NCc2ccccc2)cc1)OCC. The largest absolute Gasteiger partial charge is 0.340 e. The Morgan fingerprint density at radius 1 is 0.849 bits per heavy atom. The van der Waals surface area contributed by atoms with Crippen molar-refractivity contribution >= 4 is 47.8 Å². The van der Waals surface area contributed by atoms with Gasteiger partial charge in [-0.3, -0.25) is 18.9 Å². The lowest BCUT2D eigenvalue weighted by atomic mass is 9.97. The molecule has 0 aliphatic carbocycles. The summed E-state index contributed by atoms with van der Waals surface area (Å²) in [6.07, 6.45) is -1.02. The minimum absolute atomic E-state index is 0.0827. The van der Waals surface area contributed by atoms with Crippen molar-refractivity contribution in [3.8, 4) is 0 Å². The van der Waals surface area contributed by atoms with Crippen LogP contribution in [0.3, 0.4) is 0 Å². The minimum atomic E-state index is -3.58. The van der Waals surface area contributed by atoms with Gasteiger partial charge in [-0.2, -0.15) is 0 Å². The van der Waals surface area contributed by atoms with Gasteiger partial charge < -0.3 is 29.5 Å². The molecule has 6 rings (SSSR count). The molecular formula is C39H45N6O7P. The number of likely N-dealkylation sites (N-methyl/N-ethyl adjacent to an activating group) is 1. The van der Waals surface area contributed by atoms with E-state index in [1.54, 1.807) is 65.0 Å². The Bertz CT molecular complexity index is 1980. The van der Waals surface area contributed by atoms with Crippen LogP contribution in [0.4, 0.5) is 10.5 Å². The first kappa shape index (κ1) is 37.7. The van der Waals surface area contributed by atoms with Crippen molar-refractivity contribution in [2.45, 2.75) is 45.6 Å². The topological polar surface area (TPSA) is 141 Å². The lowest BCUT2D eigenvalue weighted by molar-refractivity contribution is -0.187. The molecule has 4 aromatic carbocycles. The molecule has 4 aromatic rings. The van der Waals surface area contributed by atoms with E-state index in [1.807, 2.05) is 72.8 Å². The fourth-order valence-corrected chi connectivity index (χ4v) is 8.46. The Morgan fingerprint density at radius 3 is 2.25 bits per heavy atom. The molecule has 53 heavy (non-hydrogen) atoms. The molecule has 14 heteroatoms. The number of hydrazine groups is 1. The summed E-state index contributed by atoms with van der Waals surface area (Å²) in [6.45, 7) is 4.26. The third-order valence-electron chi connectivity index (χ3n) is 9.33. The van der Waals surface area contributed by atoms with Gasteiger partial charge >= 0.3 is 13.6 Å². The second-order valence-electron chi connectivity index (χ2n) is 13.0. The summed E-state index contributed by atoms with van der Waals surface area (Å²) in [4.78, 5) is 58.2. The molecule has 5 amide bonds. The zero-order valence-corrected chi connectivity index (χ0v) is 31.0. The number of anilines is 1. The third-order valence-corrected chi connectivity index (χ3v) is 11.3. The number of nitrogens with zero attached hydrogens (tertiary/aromatic N) is 4. The van der Waals surface area contributed by atoms with Crippen molar-refractivity contribution in [1.29, 1.82) is 0 Å². The molecule has 278 valence electrons. The number of amides is 5. The van der Waals surface area contributed by atoms with Crippen LogP contribution in [0.5, 0.6) is 0 Å². The molecule has 2 heterocycles. The van der Waals surface area contributed by atoms with Gasteiger partial charge in [0.25, 0.3) is 0 Å². The quantitative estimate of drug-likeness (QED) is 0.178. The van der Waals surface area contributed by atoms with E-state index in [0.29, 0.717) is 12.2 Å². The van der Waals surface area contributed by atoms with Crippen molar-refractivity contribution in [2.75, 3.05) is 44.8 Å². The van der Waals surface area contributed by atoms with Crippen molar-refractivity contribution < 1.29 is 32.8 Å². The van der Waals surface area contributed by atoms with Gasteiger partial charge in [-0.25, -0.2) is 14.8 Å². The molecule has 2 N–H and O–H groups in total. The Kier molecular flexibility index (Phi) is 11.9. The molecule has 2 aliphatic heterocycles. The number of carbonyl (C=O) groups excluding carboxylic acids is 4. The number of hydrogen-bond donors (Lipinski definition) is 2. The predicted molar refractivity (Wildman–Crippen MR) is 201 cm³/mol. The maximum Gasteiger partial charge on any atom is 0.340 e. The van der Waals surface area contributed by atoms with Crippen LogP contribution < -0.4 is 10.6 Å². The smallest absolute Gasteiger partial charge is 0.333 e. The van der Waals surface area contributed by atoms with Crippen molar-refractivity contribution in [2.24, 2.45) is 0 Å². The molecule has 0 saturated carbocycles. The molecular weight excluding hydrogens is 695 g/mol. The van der Waals surface area contributed by atoms with Crippen molar-refractivity contribution in [3.05, 3.63) is 114 Å². The summed E-state index contributed by atoms with van der Waals surface area (Å²) in [6, 6.07) is 29.2. The van der Waals surface area contributed by atoms with Crippen LogP contribution in [0.2, 0.25) is 0 Å². The molecule has 0 aromatic heterocycles. The molecule has 2 fully saturated rings. The maximum atomic E-state index is 14.5. The summed E-state index contributed by atoms with van der Waals surface area (Å²) in [5.41, 5.74) is 3.09. The van der Waals surface area contributed by atoms with E-state index in [-0.39, 0.29) is 57.1 Å². The monoisotopic (exact) mass is 740 g/mol. The number of rotatable bonds is 13. The Hall–Kier alpha value is -5.07. The number of urea groups is 1. The molecule has 13 nitrogen and oxygen atoms in total.